The molecule has 7 nitrogen and oxygen atoms in total. The summed E-state index contributed by atoms with van der Waals surface area (Å²) >= 11 is 0. The zero-order valence-corrected chi connectivity index (χ0v) is 17.6. The van der Waals surface area contributed by atoms with Gasteiger partial charge in [-0.15, -0.1) is 0 Å². The maximum atomic E-state index is 12.5. The summed E-state index contributed by atoms with van der Waals surface area (Å²) in [5, 5.41) is 5.47. The Kier molecular flexibility index (Phi) is 5.10. The molecular formula is C24H23N3O4. The minimum absolute atomic E-state index is 0.122. The first-order valence-electron chi connectivity index (χ1n) is 9.92. The molecule has 0 spiro atoms. The van der Waals surface area contributed by atoms with Crippen molar-refractivity contribution in [2.24, 2.45) is 0 Å². The quantitative estimate of drug-likeness (QED) is 0.503. The van der Waals surface area contributed by atoms with Gasteiger partial charge in [0.2, 0.25) is 0 Å². The molecule has 1 aliphatic heterocycles. The largest absolute Gasteiger partial charge is 0.470 e. The second kappa shape index (κ2) is 7.75. The lowest BCUT2D eigenvalue weighted by Gasteiger charge is -2.24. The van der Waals surface area contributed by atoms with Gasteiger partial charge in [0, 0.05) is 42.2 Å². The van der Waals surface area contributed by atoms with Crippen molar-refractivity contribution in [1.82, 2.24) is 15.2 Å². The molecule has 1 aromatic carbocycles. The summed E-state index contributed by atoms with van der Waals surface area (Å²) in [6.07, 6.45) is 6.27. The first kappa shape index (κ1) is 20.4. The van der Waals surface area contributed by atoms with Gasteiger partial charge in [-0.1, -0.05) is 26.8 Å². The molecule has 3 aromatic rings. The maximum Gasteiger partial charge on any atom is 0.260 e. The van der Waals surface area contributed by atoms with Gasteiger partial charge in [0.15, 0.2) is 0 Å². The highest BCUT2D eigenvalue weighted by molar-refractivity contribution is 6.31. The van der Waals surface area contributed by atoms with E-state index >= 15 is 0 Å². The van der Waals surface area contributed by atoms with Gasteiger partial charge in [-0.05, 0) is 34.7 Å². The van der Waals surface area contributed by atoms with Gasteiger partial charge in [0.25, 0.3) is 17.4 Å². The van der Waals surface area contributed by atoms with E-state index in [0.29, 0.717) is 28.9 Å². The van der Waals surface area contributed by atoms with Crippen molar-refractivity contribution in [2.45, 2.75) is 32.7 Å². The molecule has 2 aromatic heterocycles. The van der Waals surface area contributed by atoms with Crippen LogP contribution in [0.3, 0.4) is 0 Å². The van der Waals surface area contributed by atoms with Crippen molar-refractivity contribution >= 4 is 17.4 Å². The van der Waals surface area contributed by atoms with E-state index in [-0.39, 0.29) is 11.0 Å². The highest BCUT2D eigenvalue weighted by Crippen LogP contribution is 2.30. The van der Waals surface area contributed by atoms with E-state index in [0.717, 1.165) is 11.1 Å². The Bertz CT molecular complexity index is 1240. The number of furan rings is 1. The third kappa shape index (κ3) is 4.07. The SMILES string of the molecule is CC(C)(C)c1ccc2c(c1)C(=CNCc1ccn(-c3ccoc3)c(=O)c1)C(=O)NC2=O. The number of hydrogen-bond acceptors (Lipinski definition) is 5. The molecule has 1 aliphatic rings. The Morgan fingerprint density at radius 1 is 1.03 bits per heavy atom. The van der Waals surface area contributed by atoms with E-state index in [1.165, 1.54) is 23.2 Å². The summed E-state index contributed by atoms with van der Waals surface area (Å²) in [7, 11) is 0. The first-order valence-corrected chi connectivity index (χ1v) is 9.92. The van der Waals surface area contributed by atoms with E-state index in [2.05, 4.69) is 31.4 Å². The predicted octanol–water partition coefficient (Wildman–Crippen LogP) is 3.13. The van der Waals surface area contributed by atoms with Crippen LogP contribution in [0.4, 0.5) is 0 Å². The number of amides is 2. The molecular weight excluding hydrogens is 394 g/mol. The fourth-order valence-electron chi connectivity index (χ4n) is 3.44. The molecule has 2 N–H and O–H groups in total. The molecule has 4 rings (SSSR count). The summed E-state index contributed by atoms with van der Waals surface area (Å²) in [4.78, 5) is 37.1. The Balaban J connectivity index is 1.59. The van der Waals surface area contributed by atoms with Crippen LogP contribution in [-0.2, 0) is 16.8 Å². The zero-order valence-electron chi connectivity index (χ0n) is 17.6. The third-order valence-corrected chi connectivity index (χ3v) is 5.21. The monoisotopic (exact) mass is 417 g/mol. The normalized spacial score (nSPS) is 15.0. The highest BCUT2D eigenvalue weighted by atomic mass is 16.3. The van der Waals surface area contributed by atoms with Crippen LogP contribution in [0.15, 0.2) is 70.5 Å². The third-order valence-electron chi connectivity index (χ3n) is 5.21. The number of aromatic nitrogens is 1. The summed E-state index contributed by atoms with van der Waals surface area (Å²) in [5.41, 5.74) is 3.58. The molecule has 0 unspecified atom stereocenters. The van der Waals surface area contributed by atoms with Crippen LogP contribution in [0.25, 0.3) is 11.3 Å². The molecule has 0 fully saturated rings. The second-order valence-electron chi connectivity index (χ2n) is 8.46. The fourth-order valence-corrected chi connectivity index (χ4v) is 3.44. The molecule has 31 heavy (non-hydrogen) atoms. The number of nitrogens with one attached hydrogen (secondary N) is 2. The maximum absolute atomic E-state index is 12.5. The molecule has 0 aliphatic carbocycles. The highest BCUT2D eigenvalue weighted by Gasteiger charge is 2.28. The molecule has 0 saturated heterocycles. The van der Waals surface area contributed by atoms with Crippen molar-refractivity contribution in [2.75, 3.05) is 0 Å². The fraction of sp³-hybridized carbons (Fsp3) is 0.208. The topological polar surface area (TPSA) is 93.3 Å². The van der Waals surface area contributed by atoms with Gasteiger partial charge in [-0.25, -0.2) is 0 Å². The number of rotatable bonds is 4. The van der Waals surface area contributed by atoms with Gasteiger partial charge in [0.1, 0.15) is 6.26 Å². The number of nitrogens with zero attached hydrogens (tertiary/aromatic N) is 1. The summed E-state index contributed by atoms with van der Waals surface area (Å²) in [6, 6.07) is 10.6. The Morgan fingerprint density at radius 2 is 1.84 bits per heavy atom. The van der Waals surface area contributed by atoms with Crippen molar-refractivity contribution in [1.29, 1.82) is 0 Å². The van der Waals surface area contributed by atoms with E-state index in [1.807, 2.05) is 18.2 Å². The van der Waals surface area contributed by atoms with Crippen LogP contribution in [0.2, 0.25) is 0 Å². The Hall–Kier alpha value is -3.87. The molecule has 0 saturated carbocycles. The van der Waals surface area contributed by atoms with Crippen molar-refractivity contribution in [3.05, 3.63) is 93.9 Å². The standard InChI is InChI=1S/C24H23N3O4/c1-24(2,3)16-4-5-18-19(11-16)20(23(30)26-22(18)29)13-25-12-15-6-8-27(21(28)10-15)17-7-9-31-14-17/h4-11,13-14,25H,12H2,1-3H3,(H,26,29,30). The van der Waals surface area contributed by atoms with Crippen LogP contribution in [0.1, 0.15) is 47.8 Å². The van der Waals surface area contributed by atoms with E-state index < -0.39 is 11.8 Å². The minimum atomic E-state index is -0.452. The first-order chi connectivity index (χ1) is 14.7. The van der Waals surface area contributed by atoms with Crippen LogP contribution < -0.4 is 16.2 Å². The lowest BCUT2D eigenvalue weighted by atomic mass is 9.83. The van der Waals surface area contributed by atoms with E-state index in [1.54, 1.807) is 24.5 Å². The average Bonchev–Trinajstić information content (AvgIpc) is 3.24. The number of pyridine rings is 1. The summed E-state index contributed by atoms with van der Waals surface area (Å²) in [6.45, 7) is 6.58. The molecule has 0 atom stereocenters. The summed E-state index contributed by atoms with van der Waals surface area (Å²) < 4.78 is 6.50. The molecule has 2 amide bonds. The number of carbonyl (C=O) groups excluding carboxylic acids is 2. The minimum Gasteiger partial charge on any atom is -0.470 e. The Morgan fingerprint density at radius 3 is 2.52 bits per heavy atom. The van der Waals surface area contributed by atoms with Crippen molar-refractivity contribution in [3.63, 3.8) is 0 Å². The van der Waals surface area contributed by atoms with Crippen LogP contribution in [-0.4, -0.2) is 16.4 Å². The molecule has 158 valence electrons. The van der Waals surface area contributed by atoms with Crippen LogP contribution >= 0.6 is 0 Å². The number of imide groups is 1. The smallest absolute Gasteiger partial charge is 0.260 e. The number of carbonyl (C=O) groups is 2. The van der Waals surface area contributed by atoms with Gasteiger partial charge < -0.3 is 9.73 Å². The number of benzene rings is 1. The van der Waals surface area contributed by atoms with Crippen molar-refractivity contribution < 1.29 is 14.0 Å². The molecule has 3 heterocycles. The zero-order chi connectivity index (χ0) is 22.2. The molecule has 0 bridgehead atoms. The number of hydrogen-bond donors (Lipinski definition) is 2. The Labute approximate surface area is 179 Å². The predicted molar refractivity (Wildman–Crippen MR) is 117 cm³/mol. The van der Waals surface area contributed by atoms with E-state index in [9.17, 15) is 14.4 Å². The van der Waals surface area contributed by atoms with Crippen molar-refractivity contribution in [3.8, 4) is 5.69 Å². The van der Waals surface area contributed by atoms with Gasteiger partial charge in [0.05, 0.1) is 17.5 Å². The molecule has 7 heteroatoms. The summed E-state index contributed by atoms with van der Waals surface area (Å²) in [5.74, 6) is -0.855. The lowest BCUT2D eigenvalue weighted by molar-refractivity contribution is -0.114. The van der Waals surface area contributed by atoms with Crippen LogP contribution in [0, 0.1) is 0 Å². The van der Waals surface area contributed by atoms with E-state index in [4.69, 9.17) is 4.42 Å². The second-order valence-corrected chi connectivity index (χ2v) is 8.46. The number of fused-ring (bicyclic) bond motifs is 1. The van der Waals surface area contributed by atoms with Crippen LogP contribution in [0.5, 0.6) is 0 Å². The lowest BCUT2D eigenvalue weighted by Crippen LogP contribution is -2.37. The van der Waals surface area contributed by atoms with Gasteiger partial charge >= 0.3 is 0 Å². The molecule has 0 radical (unpaired) electrons. The van der Waals surface area contributed by atoms with Gasteiger partial charge in [-0.3, -0.25) is 24.3 Å². The van der Waals surface area contributed by atoms with Gasteiger partial charge in [-0.2, -0.15) is 0 Å². The average molecular weight is 417 g/mol.